The van der Waals surface area contributed by atoms with E-state index in [0.717, 1.165) is 11.4 Å². The van der Waals surface area contributed by atoms with E-state index in [-0.39, 0.29) is 17.6 Å². The molecule has 1 aromatic heterocycles. The number of nitrogens with zero attached hydrogens (tertiary/aromatic N) is 3. The third kappa shape index (κ3) is 5.35. The summed E-state index contributed by atoms with van der Waals surface area (Å²) in [4.78, 5) is 35.0. The van der Waals surface area contributed by atoms with E-state index in [1.807, 2.05) is 19.9 Å². The van der Waals surface area contributed by atoms with Gasteiger partial charge in [0.25, 0.3) is 5.91 Å². The van der Waals surface area contributed by atoms with Gasteiger partial charge in [-0.1, -0.05) is 11.8 Å². The Kier molecular flexibility index (Phi) is 7.22. The monoisotopic (exact) mass is 404 g/mol. The van der Waals surface area contributed by atoms with Crippen molar-refractivity contribution in [1.82, 2.24) is 14.9 Å². The molecule has 2 aromatic rings. The molecule has 0 aliphatic heterocycles. The number of aromatic nitrogens is 2. The number of hydrogen-bond donors (Lipinski definition) is 1. The Balaban J connectivity index is 2.22. The summed E-state index contributed by atoms with van der Waals surface area (Å²) < 4.78 is 10.5. The van der Waals surface area contributed by atoms with Crippen molar-refractivity contribution < 1.29 is 19.1 Å². The predicted octanol–water partition coefficient (Wildman–Crippen LogP) is 2.54. The minimum Gasteiger partial charge on any atom is -0.493 e. The zero-order chi connectivity index (χ0) is 20.8. The van der Waals surface area contributed by atoms with Gasteiger partial charge in [-0.3, -0.25) is 9.59 Å². The molecule has 0 unspecified atom stereocenters. The van der Waals surface area contributed by atoms with Crippen LogP contribution in [-0.2, 0) is 4.79 Å². The fourth-order valence-electron chi connectivity index (χ4n) is 2.47. The molecule has 0 aliphatic rings. The summed E-state index contributed by atoms with van der Waals surface area (Å²) in [5.74, 6) is 0.378. The van der Waals surface area contributed by atoms with Crippen molar-refractivity contribution in [2.75, 3.05) is 39.4 Å². The lowest BCUT2D eigenvalue weighted by Crippen LogP contribution is -2.24. The quantitative estimate of drug-likeness (QED) is 0.560. The van der Waals surface area contributed by atoms with Gasteiger partial charge < -0.3 is 19.7 Å². The molecule has 2 rings (SSSR count). The summed E-state index contributed by atoms with van der Waals surface area (Å²) in [7, 11) is 6.25. The lowest BCUT2D eigenvalue weighted by atomic mass is 10.1. The number of methoxy groups -OCH3 is 2. The van der Waals surface area contributed by atoms with Gasteiger partial charge in [0.2, 0.25) is 5.91 Å². The summed E-state index contributed by atoms with van der Waals surface area (Å²) >= 11 is 1.23. The number of carbonyl (C=O) groups excluding carboxylic acids is 2. The van der Waals surface area contributed by atoms with Crippen molar-refractivity contribution in [1.29, 1.82) is 0 Å². The van der Waals surface area contributed by atoms with Gasteiger partial charge in [0, 0.05) is 31.5 Å². The average Bonchev–Trinajstić information content (AvgIpc) is 2.64. The van der Waals surface area contributed by atoms with Gasteiger partial charge in [0.1, 0.15) is 0 Å². The van der Waals surface area contributed by atoms with Crippen molar-refractivity contribution in [3.05, 3.63) is 35.2 Å². The summed E-state index contributed by atoms with van der Waals surface area (Å²) in [6.07, 6.45) is 0. The fraction of sp³-hybridized carbons (Fsp3) is 0.368. The lowest BCUT2D eigenvalue weighted by Gasteiger charge is -2.17. The molecule has 0 spiro atoms. The molecule has 0 aliphatic carbocycles. The Morgan fingerprint density at radius 1 is 1.04 bits per heavy atom. The van der Waals surface area contributed by atoms with E-state index < -0.39 is 0 Å². The van der Waals surface area contributed by atoms with E-state index in [1.165, 1.54) is 30.9 Å². The maximum absolute atomic E-state index is 12.5. The largest absolute Gasteiger partial charge is 0.493 e. The Hall–Kier alpha value is -2.81. The molecule has 0 atom stereocenters. The standard InChI is InChI=1S/C19H24N4O4S/c1-11-7-12(2)21-19(20-11)28-10-17(24)22-14-9-16(27-6)15(26-5)8-13(14)18(25)23(3)4/h7-9H,10H2,1-6H3,(H,22,24). The van der Waals surface area contributed by atoms with Crippen molar-refractivity contribution in [3.63, 3.8) is 0 Å². The summed E-state index contributed by atoms with van der Waals surface area (Å²) in [5, 5.41) is 3.31. The first-order chi connectivity index (χ1) is 13.2. The van der Waals surface area contributed by atoms with Crippen molar-refractivity contribution in [2.45, 2.75) is 19.0 Å². The van der Waals surface area contributed by atoms with Crippen LogP contribution in [0.1, 0.15) is 21.7 Å². The van der Waals surface area contributed by atoms with Gasteiger partial charge in [-0.05, 0) is 26.0 Å². The average molecular weight is 404 g/mol. The van der Waals surface area contributed by atoms with Crippen molar-refractivity contribution in [2.24, 2.45) is 0 Å². The fourth-order valence-corrected chi connectivity index (χ4v) is 3.22. The first kappa shape index (κ1) is 21.5. The highest BCUT2D eigenvalue weighted by Crippen LogP contribution is 2.34. The first-order valence-corrected chi connectivity index (χ1v) is 9.46. The van der Waals surface area contributed by atoms with Crippen LogP contribution in [0.2, 0.25) is 0 Å². The highest BCUT2D eigenvalue weighted by molar-refractivity contribution is 7.99. The van der Waals surface area contributed by atoms with Crippen LogP contribution in [0.5, 0.6) is 11.5 Å². The van der Waals surface area contributed by atoms with Crippen LogP contribution >= 0.6 is 11.8 Å². The van der Waals surface area contributed by atoms with E-state index >= 15 is 0 Å². The maximum atomic E-state index is 12.5. The highest BCUT2D eigenvalue weighted by Gasteiger charge is 2.20. The predicted molar refractivity (Wildman–Crippen MR) is 108 cm³/mol. The molecule has 0 saturated heterocycles. The number of anilines is 1. The molecule has 9 heteroatoms. The van der Waals surface area contributed by atoms with Crippen LogP contribution in [0.25, 0.3) is 0 Å². The smallest absolute Gasteiger partial charge is 0.255 e. The third-order valence-corrected chi connectivity index (χ3v) is 4.58. The number of aryl methyl sites for hydroxylation is 2. The molecule has 0 fully saturated rings. The number of nitrogens with one attached hydrogen (secondary N) is 1. The molecule has 0 bridgehead atoms. The number of thioether (sulfide) groups is 1. The second-order valence-electron chi connectivity index (χ2n) is 6.22. The maximum Gasteiger partial charge on any atom is 0.255 e. The Morgan fingerprint density at radius 3 is 2.14 bits per heavy atom. The number of rotatable bonds is 7. The molecule has 1 heterocycles. The SMILES string of the molecule is COc1cc(NC(=O)CSc2nc(C)cc(C)n2)c(C(=O)N(C)C)cc1OC. The molecule has 8 nitrogen and oxygen atoms in total. The van der Waals surface area contributed by atoms with Gasteiger partial charge in [0.05, 0.1) is 31.2 Å². The summed E-state index contributed by atoms with van der Waals surface area (Å²) in [6.45, 7) is 3.75. The Morgan fingerprint density at radius 2 is 1.61 bits per heavy atom. The topological polar surface area (TPSA) is 93.7 Å². The number of hydrogen-bond acceptors (Lipinski definition) is 7. The normalized spacial score (nSPS) is 10.4. The number of amides is 2. The first-order valence-electron chi connectivity index (χ1n) is 8.47. The van der Waals surface area contributed by atoms with Crippen LogP contribution in [0.3, 0.4) is 0 Å². The number of benzene rings is 1. The van der Waals surface area contributed by atoms with E-state index in [4.69, 9.17) is 9.47 Å². The van der Waals surface area contributed by atoms with Crippen molar-refractivity contribution >= 4 is 29.3 Å². The van der Waals surface area contributed by atoms with E-state index in [1.54, 1.807) is 26.2 Å². The lowest BCUT2D eigenvalue weighted by molar-refractivity contribution is -0.113. The molecule has 0 radical (unpaired) electrons. The Labute approximate surface area is 168 Å². The van der Waals surface area contributed by atoms with Crippen LogP contribution in [-0.4, -0.2) is 60.8 Å². The van der Waals surface area contributed by atoms with E-state index in [0.29, 0.717) is 27.9 Å². The van der Waals surface area contributed by atoms with Gasteiger partial charge in [0.15, 0.2) is 16.7 Å². The Bertz CT molecular complexity index is 866. The number of carbonyl (C=O) groups is 2. The third-order valence-electron chi connectivity index (χ3n) is 3.73. The molecule has 2 amide bonds. The van der Waals surface area contributed by atoms with Crippen LogP contribution in [0.4, 0.5) is 5.69 Å². The van der Waals surface area contributed by atoms with Gasteiger partial charge in [-0.2, -0.15) is 0 Å². The van der Waals surface area contributed by atoms with Crippen LogP contribution in [0, 0.1) is 13.8 Å². The van der Waals surface area contributed by atoms with E-state index in [2.05, 4.69) is 15.3 Å². The molecule has 1 N–H and O–H groups in total. The molecular weight excluding hydrogens is 380 g/mol. The van der Waals surface area contributed by atoms with Gasteiger partial charge in [-0.25, -0.2) is 9.97 Å². The highest BCUT2D eigenvalue weighted by atomic mass is 32.2. The summed E-state index contributed by atoms with van der Waals surface area (Å²) in [5.41, 5.74) is 2.34. The minimum atomic E-state index is -0.284. The molecule has 150 valence electrons. The molecular formula is C19H24N4O4S. The summed E-state index contributed by atoms with van der Waals surface area (Å²) in [6, 6.07) is 5.00. The van der Waals surface area contributed by atoms with Gasteiger partial charge >= 0.3 is 0 Å². The van der Waals surface area contributed by atoms with E-state index in [9.17, 15) is 9.59 Å². The minimum absolute atomic E-state index is 0.104. The van der Waals surface area contributed by atoms with Crippen molar-refractivity contribution in [3.8, 4) is 11.5 Å². The number of ether oxygens (including phenoxy) is 2. The molecule has 1 aromatic carbocycles. The van der Waals surface area contributed by atoms with Crippen LogP contribution in [0.15, 0.2) is 23.4 Å². The second-order valence-corrected chi connectivity index (χ2v) is 7.16. The van der Waals surface area contributed by atoms with Crippen LogP contribution < -0.4 is 14.8 Å². The second kappa shape index (κ2) is 9.41. The zero-order valence-corrected chi connectivity index (χ0v) is 17.6. The molecule has 28 heavy (non-hydrogen) atoms. The van der Waals surface area contributed by atoms with Gasteiger partial charge in [-0.15, -0.1) is 0 Å². The zero-order valence-electron chi connectivity index (χ0n) is 16.8. The molecule has 0 saturated carbocycles.